The molecular weight excluding hydrogens is 246 g/mol. The second-order valence-electron chi connectivity index (χ2n) is 4.86. The number of aliphatic hydroxyl groups excluding tert-OH is 1. The largest absolute Gasteiger partial charge is 0.397 e. The van der Waals surface area contributed by atoms with E-state index in [0.29, 0.717) is 11.7 Å². The van der Waals surface area contributed by atoms with Gasteiger partial charge in [-0.3, -0.25) is 10.1 Å². The highest BCUT2D eigenvalue weighted by molar-refractivity contribution is 5.71. The van der Waals surface area contributed by atoms with E-state index in [2.05, 4.69) is 4.90 Å². The first-order valence-corrected chi connectivity index (χ1v) is 6.55. The third-order valence-electron chi connectivity index (χ3n) is 3.60. The van der Waals surface area contributed by atoms with Crippen LogP contribution in [0.4, 0.5) is 17.1 Å². The van der Waals surface area contributed by atoms with Gasteiger partial charge in [0, 0.05) is 31.3 Å². The van der Waals surface area contributed by atoms with Gasteiger partial charge in [-0.1, -0.05) is 0 Å². The number of nitro benzene ring substituents is 1. The van der Waals surface area contributed by atoms with Crippen molar-refractivity contribution in [3.05, 3.63) is 28.3 Å². The fourth-order valence-electron chi connectivity index (χ4n) is 2.70. The van der Waals surface area contributed by atoms with Crippen LogP contribution < -0.4 is 10.6 Å². The third-order valence-corrected chi connectivity index (χ3v) is 3.60. The molecule has 3 N–H and O–H groups in total. The molecule has 104 valence electrons. The van der Waals surface area contributed by atoms with Crippen molar-refractivity contribution in [1.29, 1.82) is 0 Å². The van der Waals surface area contributed by atoms with Crippen LogP contribution in [0.2, 0.25) is 0 Å². The molecule has 0 radical (unpaired) electrons. The van der Waals surface area contributed by atoms with Crippen LogP contribution in [0.3, 0.4) is 0 Å². The van der Waals surface area contributed by atoms with Crippen LogP contribution in [-0.4, -0.2) is 29.2 Å². The molecule has 1 atom stereocenters. The Labute approximate surface area is 112 Å². The molecule has 1 fully saturated rings. The molecule has 6 nitrogen and oxygen atoms in total. The van der Waals surface area contributed by atoms with E-state index < -0.39 is 4.92 Å². The first kappa shape index (κ1) is 13.6. The lowest BCUT2D eigenvalue weighted by Crippen LogP contribution is -2.30. The topological polar surface area (TPSA) is 92.6 Å². The summed E-state index contributed by atoms with van der Waals surface area (Å²) in [7, 11) is 0. The van der Waals surface area contributed by atoms with E-state index in [1.54, 1.807) is 6.07 Å². The van der Waals surface area contributed by atoms with Crippen molar-refractivity contribution < 1.29 is 10.0 Å². The number of hydrogen-bond donors (Lipinski definition) is 2. The van der Waals surface area contributed by atoms with Crippen molar-refractivity contribution in [3.63, 3.8) is 0 Å². The first-order chi connectivity index (χ1) is 9.13. The molecule has 1 saturated heterocycles. The quantitative estimate of drug-likeness (QED) is 0.482. The van der Waals surface area contributed by atoms with Gasteiger partial charge in [0.25, 0.3) is 5.69 Å². The SMILES string of the molecule is Nc1cc([N+](=O)[O-])ccc1N1CCCC1CCCO. The smallest absolute Gasteiger partial charge is 0.271 e. The minimum absolute atomic E-state index is 0.0207. The predicted octanol–water partition coefficient (Wildman–Crippen LogP) is 1.92. The summed E-state index contributed by atoms with van der Waals surface area (Å²) in [4.78, 5) is 12.5. The Morgan fingerprint density at radius 3 is 2.95 bits per heavy atom. The summed E-state index contributed by atoms with van der Waals surface area (Å²) in [5, 5.41) is 19.6. The number of non-ortho nitro benzene ring substituents is 1. The summed E-state index contributed by atoms with van der Waals surface area (Å²) in [6.45, 7) is 1.11. The number of benzene rings is 1. The van der Waals surface area contributed by atoms with Gasteiger partial charge in [0.05, 0.1) is 16.3 Å². The van der Waals surface area contributed by atoms with Crippen molar-refractivity contribution in [2.45, 2.75) is 31.7 Å². The molecule has 0 amide bonds. The lowest BCUT2D eigenvalue weighted by atomic mass is 10.1. The van der Waals surface area contributed by atoms with Gasteiger partial charge in [0.15, 0.2) is 0 Å². The second-order valence-corrected chi connectivity index (χ2v) is 4.86. The molecule has 6 heteroatoms. The zero-order chi connectivity index (χ0) is 13.8. The lowest BCUT2D eigenvalue weighted by molar-refractivity contribution is -0.384. The van der Waals surface area contributed by atoms with Crippen LogP contribution in [0.25, 0.3) is 0 Å². The second kappa shape index (κ2) is 5.88. The summed E-state index contributed by atoms with van der Waals surface area (Å²) in [5.41, 5.74) is 7.27. The van der Waals surface area contributed by atoms with Crippen molar-refractivity contribution in [2.75, 3.05) is 23.8 Å². The van der Waals surface area contributed by atoms with E-state index in [-0.39, 0.29) is 12.3 Å². The zero-order valence-electron chi connectivity index (χ0n) is 10.8. The van der Waals surface area contributed by atoms with Gasteiger partial charge in [0.1, 0.15) is 0 Å². The lowest BCUT2D eigenvalue weighted by Gasteiger charge is -2.27. The van der Waals surface area contributed by atoms with Crippen LogP contribution >= 0.6 is 0 Å². The van der Waals surface area contributed by atoms with E-state index in [9.17, 15) is 10.1 Å². The Morgan fingerprint density at radius 2 is 2.32 bits per heavy atom. The van der Waals surface area contributed by atoms with Crippen LogP contribution in [0.15, 0.2) is 18.2 Å². The highest BCUT2D eigenvalue weighted by atomic mass is 16.6. The predicted molar refractivity (Wildman–Crippen MR) is 74.2 cm³/mol. The van der Waals surface area contributed by atoms with E-state index in [0.717, 1.165) is 37.9 Å². The zero-order valence-corrected chi connectivity index (χ0v) is 10.8. The first-order valence-electron chi connectivity index (χ1n) is 6.55. The molecule has 0 bridgehead atoms. The Hall–Kier alpha value is -1.82. The molecule has 1 heterocycles. The number of nitrogens with zero attached hydrogens (tertiary/aromatic N) is 2. The van der Waals surface area contributed by atoms with Crippen LogP contribution in [0.5, 0.6) is 0 Å². The van der Waals surface area contributed by atoms with Crippen LogP contribution in [0.1, 0.15) is 25.7 Å². The highest BCUT2D eigenvalue weighted by Crippen LogP contribution is 2.34. The van der Waals surface area contributed by atoms with Crippen LogP contribution in [-0.2, 0) is 0 Å². The van der Waals surface area contributed by atoms with E-state index in [1.807, 2.05) is 0 Å². The number of rotatable bonds is 5. The maximum absolute atomic E-state index is 10.7. The summed E-state index contributed by atoms with van der Waals surface area (Å²) in [6, 6.07) is 5.00. The van der Waals surface area contributed by atoms with Crippen molar-refractivity contribution in [3.8, 4) is 0 Å². The van der Waals surface area contributed by atoms with Crippen molar-refractivity contribution >= 4 is 17.1 Å². The van der Waals surface area contributed by atoms with Gasteiger partial charge < -0.3 is 15.7 Å². The molecule has 0 aliphatic carbocycles. The van der Waals surface area contributed by atoms with Gasteiger partial charge in [-0.25, -0.2) is 0 Å². The molecular formula is C13H19N3O3. The maximum Gasteiger partial charge on any atom is 0.271 e. The Kier molecular flexibility index (Phi) is 4.21. The van der Waals surface area contributed by atoms with Crippen LogP contribution in [0, 0.1) is 10.1 Å². The summed E-state index contributed by atoms with van der Waals surface area (Å²) >= 11 is 0. The monoisotopic (exact) mass is 265 g/mol. The average Bonchev–Trinajstić information content (AvgIpc) is 2.84. The summed E-state index contributed by atoms with van der Waals surface area (Å²) in [5.74, 6) is 0. The molecule has 1 aromatic rings. The van der Waals surface area contributed by atoms with Gasteiger partial charge in [-0.05, 0) is 31.7 Å². The Balaban J connectivity index is 2.18. The number of aliphatic hydroxyl groups is 1. The molecule has 0 saturated carbocycles. The molecule has 1 aromatic carbocycles. The number of nitrogens with two attached hydrogens (primary N) is 1. The van der Waals surface area contributed by atoms with Gasteiger partial charge in [-0.2, -0.15) is 0 Å². The molecule has 1 unspecified atom stereocenters. The molecule has 1 aliphatic heterocycles. The fourth-order valence-corrected chi connectivity index (χ4v) is 2.70. The molecule has 0 aromatic heterocycles. The summed E-state index contributed by atoms with van der Waals surface area (Å²) in [6.07, 6.45) is 3.87. The van der Waals surface area contributed by atoms with E-state index in [1.165, 1.54) is 12.1 Å². The van der Waals surface area contributed by atoms with Gasteiger partial charge in [0.2, 0.25) is 0 Å². The maximum atomic E-state index is 10.7. The summed E-state index contributed by atoms with van der Waals surface area (Å²) < 4.78 is 0. The fraction of sp³-hybridized carbons (Fsp3) is 0.538. The average molecular weight is 265 g/mol. The molecule has 19 heavy (non-hydrogen) atoms. The normalized spacial score (nSPS) is 18.8. The van der Waals surface area contributed by atoms with Crippen molar-refractivity contribution in [1.82, 2.24) is 0 Å². The minimum atomic E-state index is -0.437. The molecule has 0 spiro atoms. The van der Waals surface area contributed by atoms with Gasteiger partial charge in [-0.15, -0.1) is 0 Å². The van der Waals surface area contributed by atoms with Gasteiger partial charge >= 0.3 is 0 Å². The Morgan fingerprint density at radius 1 is 1.53 bits per heavy atom. The minimum Gasteiger partial charge on any atom is -0.397 e. The number of nitrogen functional groups attached to an aromatic ring is 1. The molecule has 2 rings (SSSR count). The molecule has 1 aliphatic rings. The van der Waals surface area contributed by atoms with E-state index >= 15 is 0 Å². The Bertz CT molecular complexity index is 464. The third kappa shape index (κ3) is 2.96. The van der Waals surface area contributed by atoms with Crippen molar-refractivity contribution in [2.24, 2.45) is 0 Å². The number of nitro groups is 1. The number of anilines is 2. The standard InChI is InChI=1S/C13H19N3O3/c14-12-9-11(16(18)19)5-6-13(12)15-7-1-3-10(15)4-2-8-17/h5-6,9-10,17H,1-4,7-8,14H2. The number of hydrogen-bond acceptors (Lipinski definition) is 5. The highest BCUT2D eigenvalue weighted by Gasteiger charge is 2.26. The van der Waals surface area contributed by atoms with E-state index in [4.69, 9.17) is 10.8 Å².